The van der Waals surface area contributed by atoms with Crippen LogP contribution in [0.25, 0.3) is 0 Å². The SMILES string of the molecule is C#CC1(c2ccc(Br)c(C)c2)CC1. The van der Waals surface area contributed by atoms with Crippen molar-refractivity contribution in [3.63, 3.8) is 0 Å². The van der Waals surface area contributed by atoms with Crippen LogP contribution in [0.2, 0.25) is 0 Å². The van der Waals surface area contributed by atoms with Crippen LogP contribution in [-0.2, 0) is 5.41 Å². The van der Waals surface area contributed by atoms with Gasteiger partial charge >= 0.3 is 0 Å². The van der Waals surface area contributed by atoms with Gasteiger partial charge in [0.25, 0.3) is 0 Å². The molecule has 1 aromatic rings. The summed E-state index contributed by atoms with van der Waals surface area (Å²) in [5.74, 6) is 2.90. The van der Waals surface area contributed by atoms with Crippen LogP contribution in [0.15, 0.2) is 22.7 Å². The molecule has 0 aliphatic heterocycles. The predicted molar refractivity (Wildman–Crippen MR) is 58.6 cm³/mol. The predicted octanol–water partition coefficient (Wildman–Crippen LogP) is 3.42. The smallest absolute Gasteiger partial charge is 0.0561 e. The van der Waals surface area contributed by atoms with Crippen LogP contribution in [0.5, 0.6) is 0 Å². The quantitative estimate of drug-likeness (QED) is 0.654. The standard InChI is InChI=1S/C12H11Br/c1-3-12(6-7-12)10-4-5-11(13)9(2)8-10/h1,4-5,8H,6-7H2,2H3. The Morgan fingerprint density at radius 2 is 2.15 bits per heavy atom. The molecular formula is C12H11Br. The fourth-order valence-electron chi connectivity index (χ4n) is 1.58. The molecule has 2 rings (SSSR count). The molecule has 0 N–H and O–H groups in total. The first kappa shape index (κ1) is 8.84. The molecule has 0 saturated heterocycles. The largest absolute Gasteiger partial charge is 0.119 e. The Morgan fingerprint density at radius 3 is 2.62 bits per heavy atom. The van der Waals surface area contributed by atoms with Crippen molar-refractivity contribution in [3.05, 3.63) is 33.8 Å². The molecule has 0 aromatic heterocycles. The lowest BCUT2D eigenvalue weighted by molar-refractivity contribution is 0.927. The van der Waals surface area contributed by atoms with Gasteiger partial charge in [0.05, 0.1) is 5.41 Å². The van der Waals surface area contributed by atoms with Crippen molar-refractivity contribution in [2.45, 2.75) is 25.2 Å². The summed E-state index contributed by atoms with van der Waals surface area (Å²) in [6.07, 6.45) is 7.81. The van der Waals surface area contributed by atoms with E-state index in [0.717, 1.165) is 17.3 Å². The monoisotopic (exact) mass is 234 g/mol. The van der Waals surface area contributed by atoms with Crippen LogP contribution in [0, 0.1) is 19.3 Å². The van der Waals surface area contributed by atoms with Crippen LogP contribution < -0.4 is 0 Å². The first-order valence-electron chi connectivity index (χ1n) is 4.42. The van der Waals surface area contributed by atoms with E-state index < -0.39 is 0 Å². The molecule has 66 valence electrons. The van der Waals surface area contributed by atoms with E-state index >= 15 is 0 Å². The summed E-state index contributed by atoms with van der Waals surface area (Å²) < 4.78 is 1.16. The maximum absolute atomic E-state index is 5.53. The van der Waals surface area contributed by atoms with E-state index in [0.29, 0.717) is 0 Å². The van der Waals surface area contributed by atoms with Gasteiger partial charge in [-0.15, -0.1) is 6.42 Å². The van der Waals surface area contributed by atoms with E-state index in [1.54, 1.807) is 0 Å². The van der Waals surface area contributed by atoms with Gasteiger partial charge in [-0.3, -0.25) is 0 Å². The van der Waals surface area contributed by atoms with Gasteiger partial charge in [0.2, 0.25) is 0 Å². The maximum Gasteiger partial charge on any atom is 0.0561 e. The topological polar surface area (TPSA) is 0 Å². The summed E-state index contributed by atoms with van der Waals surface area (Å²) in [7, 11) is 0. The zero-order valence-corrected chi connectivity index (χ0v) is 9.19. The molecule has 0 nitrogen and oxygen atoms in total. The Labute approximate surface area is 87.5 Å². The fraction of sp³-hybridized carbons (Fsp3) is 0.333. The normalized spacial score (nSPS) is 17.9. The second-order valence-corrected chi connectivity index (χ2v) is 4.54. The van der Waals surface area contributed by atoms with E-state index in [2.05, 4.69) is 47.0 Å². The highest BCUT2D eigenvalue weighted by Crippen LogP contribution is 2.47. The minimum absolute atomic E-state index is 0.0749. The lowest BCUT2D eigenvalue weighted by Crippen LogP contribution is -2.02. The van der Waals surface area contributed by atoms with Gasteiger partial charge in [0, 0.05) is 4.47 Å². The molecule has 0 amide bonds. The van der Waals surface area contributed by atoms with Gasteiger partial charge in [-0.2, -0.15) is 0 Å². The third-order valence-corrected chi connectivity index (χ3v) is 3.63. The van der Waals surface area contributed by atoms with Crippen molar-refractivity contribution >= 4 is 15.9 Å². The minimum Gasteiger partial charge on any atom is -0.119 e. The second-order valence-electron chi connectivity index (χ2n) is 3.69. The zero-order valence-electron chi connectivity index (χ0n) is 7.60. The molecule has 1 fully saturated rings. The summed E-state index contributed by atoms with van der Waals surface area (Å²) in [6, 6.07) is 6.41. The van der Waals surface area contributed by atoms with Crippen molar-refractivity contribution in [2.24, 2.45) is 0 Å². The van der Waals surface area contributed by atoms with E-state index in [1.165, 1.54) is 11.1 Å². The molecule has 1 aromatic carbocycles. The van der Waals surface area contributed by atoms with E-state index in [4.69, 9.17) is 6.42 Å². The number of hydrogen-bond acceptors (Lipinski definition) is 0. The number of hydrogen-bond donors (Lipinski definition) is 0. The van der Waals surface area contributed by atoms with Crippen LogP contribution in [0.4, 0.5) is 0 Å². The molecule has 1 saturated carbocycles. The van der Waals surface area contributed by atoms with E-state index in [9.17, 15) is 0 Å². The van der Waals surface area contributed by atoms with Gasteiger partial charge in [-0.05, 0) is 37.0 Å². The number of halogens is 1. The number of benzene rings is 1. The summed E-state index contributed by atoms with van der Waals surface area (Å²) in [5.41, 5.74) is 2.64. The second kappa shape index (κ2) is 2.89. The average Bonchev–Trinajstić information content (AvgIpc) is 2.90. The highest BCUT2D eigenvalue weighted by molar-refractivity contribution is 9.10. The third kappa shape index (κ3) is 1.40. The molecule has 13 heavy (non-hydrogen) atoms. The van der Waals surface area contributed by atoms with Crippen LogP contribution >= 0.6 is 15.9 Å². The van der Waals surface area contributed by atoms with Crippen LogP contribution in [0.3, 0.4) is 0 Å². The van der Waals surface area contributed by atoms with Crippen LogP contribution in [0.1, 0.15) is 24.0 Å². The Bertz CT molecular complexity index is 381. The van der Waals surface area contributed by atoms with E-state index in [1.807, 2.05) is 0 Å². The third-order valence-electron chi connectivity index (χ3n) is 2.74. The Hall–Kier alpha value is -0.740. The lowest BCUT2D eigenvalue weighted by Gasteiger charge is -2.09. The number of terminal acetylenes is 1. The molecule has 0 heterocycles. The molecule has 0 unspecified atom stereocenters. The Kier molecular flexibility index (Phi) is 1.96. The van der Waals surface area contributed by atoms with Gasteiger partial charge in [0.1, 0.15) is 0 Å². The summed E-state index contributed by atoms with van der Waals surface area (Å²) >= 11 is 3.49. The Balaban J connectivity index is 2.44. The lowest BCUT2D eigenvalue weighted by atomic mass is 9.96. The molecule has 0 spiro atoms. The van der Waals surface area contributed by atoms with Gasteiger partial charge in [-0.1, -0.05) is 34.0 Å². The van der Waals surface area contributed by atoms with Gasteiger partial charge in [0.15, 0.2) is 0 Å². The molecule has 0 radical (unpaired) electrons. The number of rotatable bonds is 1. The summed E-state index contributed by atoms with van der Waals surface area (Å²) in [6.45, 7) is 2.10. The van der Waals surface area contributed by atoms with Crippen molar-refractivity contribution in [1.29, 1.82) is 0 Å². The molecule has 1 aliphatic rings. The maximum atomic E-state index is 5.53. The highest BCUT2D eigenvalue weighted by atomic mass is 79.9. The molecular weight excluding hydrogens is 224 g/mol. The molecule has 1 heteroatoms. The van der Waals surface area contributed by atoms with E-state index in [-0.39, 0.29) is 5.41 Å². The number of aryl methyl sites for hydroxylation is 1. The highest BCUT2D eigenvalue weighted by Gasteiger charge is 2.42. The van der Waals surface area contributed by atoms with Gasteiger partial charge < -0.3 is 0 Å². The molecule has 1 aliphatic carbocycles. The summed E-state index contributed by atoms with van der Waals surface area (Å²) in [4.78, 5) is 0. The molecule has 0 bridgehead atoms. The summed E-state index contributed by atoms with van der Waals surface area (Å²) in [5, 5.41) is 0. The van der Waals surface area contributed by atoms with Crippen molar-refractivity contribution in [1.82, 2.24) is 0 Å². The average molecular weight is 235 g/mol. The van der Waals surface area contributed by atoms with Crippen molar-refractivity contribution < 1.29 is 0 Å². The fourth-order valence-corrected chi connectivity index (χ4v) is 1.83. The molecule has 0 atom stereocenters. The first-order chi connectivity index (χ1) is 6.18. The van der Waals surface area contributed by atoms with Crippen LogP contribution in [-0.4, -0.2) is 0 Å². The zero-order chi connectivity index (χ0) is 9.47. The minimum atomic E-state index is 0.0749. The first-order valence-corrected chi connectivity index (χ1v) is 5.22. The van der Waals surface area contributed by atoms with Crippen molar-refractivity contribution in [2.75, 3.05) is 0 Å². The Morgan fingerprint density at radius 1 is 1.46 bits per heavy atom. The van der Waals surface area contributed by atoms with Gasteiger partial charge in [-0.25, -0.2) is 0 Å². The van der Waals surface area contributed by atoms with Crippen molar-refractivity contribution in [3.8, 4) is 12.3 Å².